The molecule has 3 aliphatic rings. The Morgan fingerprint density at radius 3 is 2.53 bits per heavy atom. The second kappa shape index (κ2) is 7.27. The van der Waals surface area contributed by atoms with Gasteiger partial charge in [-0.1, -0.05) is 18.2 Å². The van der Waals surface area contributed by atoms with Crippen molar-refractivity contribution in [2.45, 2.75) is 24.5 Å². The molecule has 2 aromatic rings. The molecule has 3 aliphatic heterocycles. The summed E-state index contributed by atoms with van der Waals surface area (Å²) in [5, 5.41) is 0. The summed E-state index contributed by atoms with van der Waals surface area (Å²) in [6, 6.07) is 12.1. The molecule has 7 nitrogen and oxygen atoms in total. The summed E-state index contributed by atoms with van der Waals surface area (Å²) in [4.78, 5) is 35.3. The van der Waals surface area contributed by atoms with Crippen molar-refractivity contribution < 1.29 is 18.7 Å². The number of carbonyl (C=O) groups is 2. The third kappa shape index (κ3) is 3.16. The Hall–Kier alpha value is -3.16. The van der Waals surface area contributed by atoms with Gasteiger partial charge in [-0.3, -0.25) is 9.69 Å². The average Bonchev–Trinajstić information content (AvgIpc) is 3.06. The second-order valence-electron chi connectivity index (χ2n) is 8.08. The predicted molar refractivity (Wildman–Crippen MR) is 108 cm³/mol. The van der Waals surface area contributed by atoms with Crippen molar-refractivity contribution in [2.24, 2.45) is 0 Å². The molecule has 156 valence electrons. The fourth-order valence-electron chi connectivity index (χ4n) is 4.80. The van der Waals surface area contributed by atoms with Gasteiger partial charge in [0.2, 0.25) is 0 Å². The standard InChI is InChI=1S/C22H23FN4O3/c23-17-6-7-19(24-14-17)25-10-8-22(9-11-25)18-15-26(12-13-27(18)21(29)30-22)20(28)16-4-2-1-3-5-16/h1-7,14,18H,8-13,15H2. The highest BCUT2D eigenvalue weighted by Crippen LogP contribution is 2.41. The van der Waals surface area contributed by atoms with Crippen molar-refractivity contribution in [3.8, 4) is 0 Å². The van der Waals surface area contributed by atoms with E-state index in [-0.39, 0.29) is 23.9 Å². The molecule has 30 heavy (non-hydrogen) atoms. The van der Waals surface area contributed by atoms with Gasteiger partial charge in [0.25, 0.3) is 5.91 Å². The minimum atomic E-state index is -0.608. The van der Waals surface area contributed by atoms with Gasteiger partial charge >= 0.3 is 6.09 Å². The summed E-state index contributed by atoms with van der Waals surface area (Å²) < 4.78 is 19.1. The van der Waals surface area contributed by atoms with Crippen molar-refractivity contribution in [2.75, 3.05) is 37.6 Å². The fraction of sp³-hybridized carbons (Fsp3) is 0.409. The van der Waals surface area contributed by atoms with E-state index in [4.69, 9.17) is 4.74 Å². The average molecular weight is 410 g/mol. The van der Waals surface area contributed by atoms with Gasteiger partial charge in [0, 0.05) is 51.1 Å². The summed E-state index contributed by atoms with van der Waals surface area (Å²) in [5.74, 6) is 0.340. The van der Waals surface area contributed by atoms with Gasteiger partial charge in [-0.15, -0.1) is 0 Å². The lowest BCUT2D eigenvalue weighted by Gasteiger charge is -2.45. The Kier molecular flexibility index (Phi) is 4.56. The lowest BCUT2D eigenvalue weighted by atomic mass is 9.83. The SMILES string of the molecule is O=C(c1ccccc1)N1CCN2C(=O)OC3(CCN(c4ccc(F)cn4)CC3)C2C1. The number of rotatable bonds is 2. The first-order valence-electron chi connectivity index (χ1n) is 10.3. The topological polar surface area (TPSA) is 66.0 Å². The number of benzene rings is 1. The predicted octanol–water partition coefficient (Wildman–Crippen LogP) is 2.54. The van der Waals surface area contributed by atoms with Gasteiger partial charge in [0.05, 0.1) is 12.2 Å². The molecule has 1 atom stereocenters. The molecule has 3 fully saturated rings. The molecule has 2 amide bonds. The van der Waals surface area contributed by atoms with Crippen molar-refractivity contribution in [3.05, 3.63) is 60.0 Å². The molecule has 0 bridgehead atoms. The summed E-state index contributed by atoms with van der Waals surface area (Å²) in [5.41, 5.74) is 0.0472. The van der Waals surface area contributed by atoms with Gasteiger partial charge in [-0.05, 0) is 24.3 Å². The molecule has 0 radical (unpaired) electrons. The smallest absolute Gasteiger partial charge is 0.410 e. The van der Waals surface area contributed by atoms with E-state index in [9.17, 15) is 14.0 Å². The number of ether oxygens (including phenoxy) is 1. The van der Waals surface area contributed by atoms with E-state index in [0.717, 1.165) is 5.82 Å². The first-order chi connectivity index (χ1) is 14.6. The number of piperidine rings is 1. The van der Waals surface area contributed by atoms with Crippen LogP contribution in [0.3, 0.4) is 0 Å². The van der Waals surface area contributed by atoms with Gasteiger partial charge in [-0.25, -0.2) is 14.2 Å². The van der Waals surface area contributed by atoms with Crippen LogP contribution in [0.25, 0.3) is 0 Å². The Bertz CT molecular complexity index is 945. The van der Waals surface area contributed by atoms with Crippen LogP contribution in [0.1, 0.15) is 23.2 Å². The maximum Gasteiger partial charge on any atom is 0.410 e. The maximum absolute atomic E-state index is 13.2. The number of halogens is 1. The lowest BCUT2D eigenvalue weighted by molar-refractivity contribution is -0.00320. The second-order valence-corrected chi connectivity index (χ2v) is 8.08. The van der Waals surface area contributed by atoms with Gasteiger partial charge in [0.1, 0.15) is 17.2 Å². The van der Waals surface area contributed by atoms with Crippen LogP contribution in [0.4, 0.5) is 15.0 Å². The van der Waals surface area contributed by atoms with Crippen LogP contribution in [0, 0.1) is 5.82 Å². The van der Waals surface area contributed by atoms with E-state index in [1.807, 2.05) is 35.2 Å². The third-order valence-corrected chi connectivity index (χ3v) is 6.47. The molecule has 4 heterocycles. The number of piperazine rings is 1. The first kappa shape index (κ1) is 18.8. The Labute approximate surface area is 174 Å². The highest BCUT2D eigenvalue weighted by atomic mass is 19.1. The molecule has 1 spiro atoms. The number of carbonyl (C=O) groups excluding carboxylic acids is 2. The fourth-order valence-corrected chi connectivity index (χ4v) is 4.80. The lowest BCUT2D eigenvalue weighted by Crippen LogP contribution is -2.61. The summed E-state index contributed by atoms with van der Waals surface area (Å²) in [7, 11) is 0. The minimum Gasteiger partial charge on any atom is -0.440 e. The number of amides is 2. The van der Waals surface area contributed by atoms with E-state index in [1.165, 1.54) is 12.3 Å². The van der Waals surface area contributed by atoms with Crippen LogP contribution in [0.5, 0.6) is 0 Å². The van der Waals surface area contributed by atoms with Gasteiger partial charge in [-0.2, -0.15) is 0 Å². The zero-order valence-corrected chi connectivity index (χ0v) is 16.5. The maximum atomic E-state index is 13.2. The highest BCUT2D eigenvalue weighted by Gasteiger charge is 2.57. The quantitative estimate of drug-likeness (QED) is 0.761. The molecule has 0 N–H and O–H groups in total. The number of nitrogens with zero attached hydrogens (tertiary/aromatic N) is 4. The molecule has 1 unspecified atom stereocenters. The van der Waals surface area contributed by atoms with Crippen molar-refractivity contribution in [1.29, 1.82) is 0 Å². The number of fused-ring (bicyclic) bond motifs is 2. The number of hydrogen-bond acceptors (Lipinski definition) is 5. The number of pyridine rings is 1. The summed E-state index contributed by atoms with van der Waals surface area (Å²) in [6.07, 6.45) is 2.21. The van der Waals surface area contributed by atoms with Crippen LogP contribution in [0.15, 0.2) is 48.7 Å². The zero-order chi connectivity index (χ0) is 20.7. The van der Waals surface area contributed by atoms with Gasteiger partial charge < -0.3 is 14.5 Å². The Balaban J connectivity index is 1.32. The molecule has 1 aromatic carbocycles. The van der Waals surface area contributed by atoms with Crippen molar-refractivity contribution in [1.82, 2.24) is 14.8 Å². The zero-order valence-electron chi connectivity index (χ0n) is 16.5. The van der Waals surface area contributed by atoms with Crippen LogP contribution >= 0.6 is 0 Å². The molecule has 0 aliphatic carbocycles. The first-order valence-corrected chi connectivity index (χ1v) is 10.3. The largest absolute Gasteiger partial charge is 0.440 e. The Morgan fingerprint density at radius 1 is 1.07 bits per heavy atom. The number of hydrogen-bond donors (Lipinski definition) is 0. The van der Waals surface area contributed by atoms with Crippen molar-refractivity contribution in [3.63, 3.8) is 0 Å². The van der Waals surface area contributed by atoms with E-state index >= 15 is 0 Å². The van der Waals surface area contributed by atoms with Crippen LogP contribution < -0.4 is 4.90 Å². The van der Waals surface area contributed by atoms with Gasteiger partial charge in [0.15, 0.2) is 0 Å². The molecule has 5 rings (SSSR count). The molecule has 3 saturated heterocycles. The molecule has 0 saturated carbocycles. The number of anilines is 1. The number of aromatic nitrogens is 1. The van der Waals surface area contributed by atoms with Crippen molar-refractivity contribution >= 4 is 17.8 Å². The highest BCUT2D eigenvalue weighted by molar-refractivity contribution is 5.94. The minimum absolute atomic E-state index is 0.0160. The summed E-state index contributed by atoms with van der Waals surface area (Å²) in [6.45, 7) is 2.76. The molecular formula is C22H23FN4O3. The van der Waals surface area contributed by atoms with Crippen LogP contribution in [0.2, 0.25) is 0 Å². The van der Waals surface area contributed by atoms with E-state index in [1.54, 1.807) is 11.0 Å². The molecular weight excluding hydrogens is 387 g/mol. The van der Waals surface area contributed by atoms with E-state index < -0.39 is 5.60 Å². The van der Waals surface area contributed by atoms with E-state index in [0.29, 0.717) is 51.1 Å². The van der Waals surface area contributed by atoms with E-state index in [2.05, 4.69) is 9.88 Å². The molecule has 1 aromatic heterocycles. The summed E-state index contributed by atoms with van der Waals surface area (Å²) >= 11 is 0. The normalized spacial score (nSPS) is 22.8. The Morgan fingerprint density at radius 2 is 1.83 bits per heavy atom. The third-order valence-electron chi connectivity index (χ3n) is 6.47. The molecule has 8 heteroatoms. The van der Waals surface area contributed by atoms with Crippen LogP contribution in [-0.4, -0.2) is 71.2 Å². The van der Waals surface area contributed by atoms with Crippen LogP contribution in [-0.2, 0) is 4.74 Å². The monoisotopic (exact) mass is 410 g/mol.